The highest BCUT2D eigenvalue weighted by Gasteiger charge is 2.31. The second-order valence-electron chi connectivity index (χ2n) is 12.5. The van der Waals surface area contributed by atoms with Crippen LogP contribution in [0.4, 0.5) is 5.69 Å². The third-order valence-corrected chi connectivity index (χ3v) is 9.63. The van der Waals surface area contributed by atoms with Gasteiger partial charge in [0.2, 0.25) is 0 Å². The first-order chi connectivity index (χ1) is 22.4. The number of likely N-dealkylation sites (N-methyl/N-ethyl adjacent to an activating group) is 1. The van der Waals surface area contributed by atoms with Crippen LogP contribution in [0.2, 0.25) is 0 Å². The van der Waals surface area contributed by atoms with Crippen LogP contribution in [0, 0.1) is 5.92 Å². The lowest BCUT2D eigenvalue weighted by Gasteiger charge is -2.36. The van der Waals surface area contributed by atoms with Gasteiger partial charge in [0.15, 0.2) is 5.03 Å². The molecule has 2 N–H and O–H groups in total. The average Bonchev–Trinajstić information content (AvgIpc) is 3.50. The summed E-state index contributed by atoms with van der Waals surface area (Å²) in [4.78, 5) is 22.1. The van der Waals surface area contributed by atoms with Crippen molar-refractivity contribution >= 4 is 21.6 Å². The Morgan fingerprint density at radius 3 is 2.57 bits per heavy atom. The van der Waals surface area contributed by atoms with Crippen molar-refractivity contribution in [2.75, 3.05) is 45.2 Å². The highest BCUT2D eigenvalue weighted by Crippen LogP contribution is 2.29. The molecule has 4 atom stereocenters. The number of aromatic nitrogens is 2. The van der Waals surface area contributed by atoms with Gasteiger partial charge < -0.3 is 28.8 Å². The minimum absolute atomic E-state index is 0.0941. The summed E-state index contributed by atoms with van der Waals surface area (Å²) < 4.78 is 48.2. The summed E-state index contributed by atoms with van der Waals surface area (Å²) in [6.45, 7) is 7.78. The fourth-order valence-corrected chi connectivity index (χ4v) is 6.63. The van der Waals surface area contributed by atoms with E-state index in [2.05, 4.69) is 21.5 Å². The summed E-state index contributed by atoms with van der Waals surface area (Å²) in [7, 11) is 1.38. The van der Waals surface area contributed by atoms with Crippen LogP contribution in [0.5, 0.6) is 11.5 Å². The van der Waals surface area contributed by atoms with Crippen LogP contribution in [-0.2, 0) is 28.4 Å². The van der Waals surface area contributed by atoms with Crippen LogP contribution < -0.4 is 14.2 Å². The number of nitrogens with one attached hydrogen (secondary N) is 1. The van der Waals surface area contributed by atoms with Gasteiger partial charge in [-0.2, -0.15) is 8.42 Å². The number of anilines is 1. The number of ether oxygens (including phenoxy) is 3. The number of sulfonamides is 1. The topological polar surface area (TPSA) is 135 Å². The predicted molar refractivity (Wildman–Crippen MR) is 180 cm³/mol. The Labute approximate surface area is 278 Å². The van der Waals surface area contributed by atoms with E-state index in [1.807, 2.05) is 38.2 Å². The number of aliphatic hydroxyl groups excluding tert-OH is 1. The molecule has 2 heterocycles. The molecular formula is C34H49N5O7S. The summed E-state index contributed by atoms with van der Waals surface area (Å²) in [5.41, 5.74) is 1.55. The Morgan fingerprint density at radius 2 is 1.91 bits per heavy atom. The number of hydrogen-bond acceptors (Lipinski definition) is 9. The zero-order chi connectivity index (χ0) is 34.1. The number of aryl methyl sites for hydroxylation is 1. The van der Waals surface area contributed by atoms with Gasteiger partial charge >= 0.3 is 0 Å². The van der Waals surface area contributed by atoms with Crippen LogP contribution in [0.25, 0.3) is 0 Å². The molecule has 0 fully saturated rings. The van der Waals surface area contributed by atoms with Crippen molar-refractivity contribution in [2.24, 2.45) is 13.0 Å². The SMILES string of the molecule is COc1ccc(CN(C)C[C@@H]2OCCCC[C@H](C)Oc3ccc(NS(=O)(=O)c4cn(C)cn4)cc3C(=O)N([C@H](C)CO)C[C@@H]2C)cc1. The summed E-state index contributed by atoms with van der Waals surface area (Å²) in [6.07, 6.45) is 4.90. The number of carbonyl (C=O) groups excluding carboxylic acids is 1. The van der Waals surface area contributed by atoms with Crippen LogP contribution in [-0.4, -0.2) is 97.5 Å². The molecule has 4 rings (SSSR count). The average molecular weight is 672 g/mol. The highest BCUT2D eigenvalue weighted by atomic mass is 32.2. The van der Waals surface area contributed by atoms with Crippen molar-refractivity contribution in [1.29, 1.82) is 0 Å². The molecule has 1 aliphatic rings. The quantitative estimate of drug-likeness (QED) is 0.326. The molecule has 1 amide bonds. The zero-order valence-corrected chi connectivity index (χ0v) is 29.1. The van der Waals surface area contributed by atoms with Crippen molar-refractivity contribution in [1.82, 2.24) is 19.4 Å². The van der Waals surface area contributed by atoms with E-state index >= 15 is 0 Å². The normalized spacial score (nSPS) is 20.6. The Hall–Kier alpha value is -3.65. The third-order valence-electron chi connectivity index (χ3n) is 8.36. The van der Waals surface area contributed by atoms with E-state index in [1.54, 1.807) is 42.7 Å². The molecule has 0 radical (unpaired) electrons. The largest absolute Gasteiger partial charge is 0.497 e. The molecule has 0 saturated heterocycles. The first kappa shape index (κ1) is 36.2. The van der Waals surface area contributed by atoms with Gasteiger partial charge in [-0.3, -0.25) is 14.4 Å². The van der Waals surface area contributed by atoms with E-state index in [0.717, 1.165) is 30.6 Å². The number of imidazole rings is 1. The van der Waals surface area contributed by atoms with E-state index in [9.17, 15) is 18.3 Å². The Morgan fingerprint density at radius 1 is 1.17 bits per heavy atom. The number of carbonyl (C=O) groups is 1. The monoisotopic (exact) mass is 671 g/mol. The van der Waals surface area contributed by atoms with Crippen LogP contribution in [0.15, 0.2) is 60.0 Å². The minimum atomic E-state index is -4.00. The Balaban J connectivity index is 1.62. The predicted octanol–water partition coefficient (Wildman–Crippen LogP) is 4.16. The molecule has 0 aliphatic carbocycles. The van der Waals surface area contributed by atoms with Crippen LogP contribution in [0.1, 0.15) is 56.0 Å². The van der Waals surface area contributed by atoms with Gasteiger partial charge in [0.05, 0.1) is 43.9 Å². The molecule has 2 aromatic carbocycles. The van der Waals surface area contributed by atoms with Gasteiger partial charge in [-0.15, -0.1) is 0 Å². The second-order valence-corrected chi connectivity index (χ2v) is 14.2. The maximum absolute atomic E-state index is 14.4. The van der Waals surface area contributed by atoms with E-state index in [4.69, 9.17) is 14.2 Å². The van der Waals surface area contributed by atoms with Gasteiger partial charge in [-0.25, -0.2) is 4.98 Å². The van der Waals surface area contributed by atoms with Crippen molar-refractivity contribution < 1.29 is 32.5 Å². The smallest absolute Gasteiger partial charge is 0.280 e. The van der Waals surface area contributed by atoms with Crippen molar-refractivity contribution in [2.45, 2.75) is 69.9 Å². The second kappa shape index (κ2) is 16.4. The number of fused-ring (bicyclic) bond motifs is 1. The van der Waals surface area contributed by atoms with Gasteiger partial charge in [-0.1, -0.05) is 19.1 Å². The Bertz CT molecular complexity index is 1560. The molecule has 1 aliphatic heterocycles. The first-order valence-electron chi connectivity index (χ1n) is 16.1. The number of methoxy groups -OCH3 is 1. The first-order valence-corrected chi connectivity index (χ1v) is 17.5. The summed E-state index contributed by atoms with van der Waals surface area (Å²) in [6, 6.07) is 12.2. The Kier molecular flexibility index (Phi) is 12.7. The molecular weight excluding hydrogens is 622 g/mol. The van der Waals surface area contributed by atoms with E-state index in [-0.39, 0.29) is 46.9 Å². The van der Waals surface area contributed by atoms with Crippen molar-refractivity contribution in [3.63, 3.8) is 0 Å². The van der Waals surface area contributed by atoms with Gasteiger partial charge in [0.25, 0.3) is 15.9 Å². The molecule has 12 nitrogen and oxygen atoms in total. The maximum Gasteiger partial charge on any atom is 0.280 e. The number of hydrogen-bond donors (Lipinski definition) is 2. The van der Waals surface area contributed by atoms with E-state index in [0.29, 0.717) is 32.0 Å². The molecule has 0 unspecified atom stereocenters. The molecule has 258 valence electrons. The molecule has 1 aromatic heterocycles. The maximum atomic E-state index is 14.4. The molecule has 0 saturated carbocycles. The summed E-state index contributed by atoms with van der Waals surface area (Å²) in [5.74, 6) is 0.696. The van der Waals surface area contributed by atoms with E-state index < -0.39 is 16.1 Å². The molecule has 0 spiro atoms. The molecule has 0 bridgehead atoms. The number of nitrogens with zero attached hydrogens (tertiary/aromatic N) is 4. The third kappa shape index (κ3) is 9.92. The summed E-state index contributed by atoms with van der Waals surface area (Å²) in [5, 5.41) is 10.1. The van der Waals surface area contributed by atoms with Crippen molar-refractivity contribution in [3.05, 3.63) is 66.1 Å². The fourth-order valence-electron chi connectivity index (χ4n) is 5.60. The van der Waals surface area contributed by atoms with Crippen LogP contribution in [0.3, 0.4) is 0 Å². The number of benzene rings is 2. The van der Waals surface area contributed by atoms with Gasteiger partial charge in [0, 0.05) is 51.1 Å². The lowest BCUT2D eigenvalue weighted by atomic mass is 10.0. The van der Waals surface area contributed by atoms with Crippen LogP contribution >= 0.6 is 0 Å². The lowest BCUT2D eigenvalue weighted by Crippen LogP contribution is -2.47. The number of amides is 1. The molecule has 13 heteroatoms. The lowest BCUT2D eigenvalue weighted by molar-refractivity contribution is -0.0177. The standard InChI is InChI=1S/C34H49N5O7S/c1-24-18-39(25(2)22-40)34(41)30-17-28(36-47(42,43)33-21-38(5)23-35-33)12-15-31(30)46-26(3)9-7-8-16-45-32(24)20-37(4)19-27-10-13-29(44-6)14-11-27/h10-15,17,21,23-26,32,36,40H,7-9,16,18-20,22H2,1-6H3/t24-,25+,26-,32-/m0/s1. The highest BCUT2D eigenvalue weighted by molar-refractivity contribution is 7.92. The zero-order valence-electron chi connectivity index (χ0n) is 28.3. The van der Waals surface area contributed by atoms with Gasteiger partial charge in [-0.05, 0) is 76.1 Å². The van der Waals surface area contributed by atoms with Gasteiger partial charge in [0.1, 0.15) is 11.5 Å². The van der Waals surface area contributed by atoms with E-state index in [1.165, 1.54) is 18.6 Å². The summed E-state index contributed by atoms with van der Waals surface area (Å²) >= 11 is 0. The molecule has 47 heavy (non-hydrogen) atoms. The fraction of sp³-hybridized carbons (Fsp3) is 0.529. The number of aliphatic hydroxyl groups is 1. The number of rotatable bonds is 10. The minimum Gasteiger partial charge on any atom is -0.497 e. The van der Waals surface area contributed by atoms with Crippen molar-refractivity contribution in [3.8, 4) is 11.5 Å². The molecule has 3 aromatic rings.